The van der Waals surface area contributed by atoms with Crippen molar-refractivity contribution in [3.8, 4) is 0 Å². The minimum Gasteiger partial charge on any atom is -0.479 e. The van der Waals surface area contributed by atoms with Crippen LogP contribution in [0.1, 0.15) is 60.8 Å². The highest BCUT2D eigenvalue weighted by Gasteiger charge is 2.50. The molecule has 1 rings (SSSR count). The van der Waals surface area contributed by atoms with E-state index in [-0.39, 0.29) is 5.92 Å². The minimum absolute atomic E-state index is 0.270. The second-order valence-corrected chi connectivity index (χ2v) is 7.26. The average molecular weight is 299 g/mol. The van der Waals surface area contributed by atoms with Crippen LogP contribution >= 0.6 is 0 Å². The number of hydrogen-bond acceptors (Lipinski definition) is 3. The van der Waals surface area contributed by atoms with Crippen LogP contribution in [-0.4, -0.2) is 39.8 Å². The summed E-state index contributed by atoms with van der Waals surface area (Å²) < 4.78 is 5.40. The van der Waals surface area contributed by atoms with Gasteiger partial charge in [0.15, 0.2) is 0 Å². The van der Waals surface area contributed by atoms with Gasteiger partial charge in [-0.05, 0) is 58.8 Å². The number of likely N-dealkylation sites (N-methyl/N-ethyl adjacent to an activating group) is 1. The number of rotatable bonds is 3. The smallest absolute Gasteiger partial charge is 0.411 e. The molecule has 0 aliphatic heterocycles. The first kappa shape index (κ1) is 17.8. The van der Waals surface area contributed by atoms with Gasteiger partial charge in [-0.25, -0.2) is 9.59 Å². The molecule has 0 saturated heterocycles. The van der Waals surface area contributed by atoms with Crippen LogP contribution in [0.3, 0.4) is 0 Å². The van der Waals surface area contributed by atoms with Crippen LogP contribution in [-0.2, 0) is 9.53 Å². The summed E-state index contributed by atoms with van der Waals surface area (Å²) in [6.07, 6.45) is 1.25. The van der Waals surface area contributed by atoms with Gasteiger partial charge in [0.1, 0.15) is 11.1 Å². The predicted molar refractivity (Wildman–Crippen MR) is 81.2 cm³/mol. The molecule has 122 valence electrons. The number of amides is 1. The Hall–Kier alpha value is -1.26. The maximum atomic E-state index is 12.4. The van der Waals surface area contributed by atoms with E-state index in [1.165, 1.54) is 4.90 Å². The summed E-state index contributed by atoms with van der Waals surface area (Å²) in [5, 5.41) is 9.79. The lowest BCUT2D eigenvalue weighted by atomic mass is 9.70. The van der Waals surface area contributed by atoms with E-state index < -0.39 is 23.2 Å². The van der Waals surface area contributed by atoms with Gasteiger partial charge in [0, 0.05) is 6.54 Å². The summed E-state index contributed by atoms with van der Waals surface area (Å²) in [7, 11) is 0. The van der Waals surface area contributed by atoms with Crippen LogP contribution in [0.5, 0.6) is 0 Å². The Balaban J connectivity index is 3.07. The van der Waals surface area contributed by atoms with Crippen molar-refractivity contribution in [1.29, 1.82) is 0 Å². The number of hydrogen-bond donors (Lipinski definition) is 1. The lowest BCUT2D eigenvalue weighted by Crippen LogP contribution is -2.60. The summed E-state index contributed by atoms with van der Waals surface area (Å²) in [6.45, 7) is 11.7. The maximum Gasteiger partial charge on any atom is 0.411 e. The number of nitrogens with zero attached hydrogens (tertiary/aromatic N) is 1. The summed E-state index contributed by atoms with van der Waals surface area (Å²) in [6, 6.07) is 0. The van der Waals surface area contributed by atoms with Crippen LogP contribution in [0.15, 0.2) is 0 Å². The first-order valence-corrected chi connectivity index (χ1v) is 7.77. The van der Waals surface area contributed by atoms with E-state index in [9.17, 15) is 14.7 Å². The van der Waals surface area contributed by atoms with Gasteiger partial charge in [-0.1, -0.05) is 13.8 Å². The fourth-order valence-corrected chi connectivity index (χ4v) is 3.07. The molecule has 0 heterocycles. The van der Waals surface area contributed by atoms with Gasteiger partial charge in [0.25, 0.3) is 0 Å². The molecule has 1 saturated carbocycles. The fraction of sp³-hybridized carbons (Fsp3) is 0.875. The van der Waals surface area contributed by atoms with Gasteiger partial charge in [-0.15, -0.1) is 0 Å². The standard InChI is InChI=1S/C16H29NO4/c1-7-17(14(20)21-15(4,5)6)16(13(18)19)9-8-11(2)12(3)10-16/h11-12H,7-10H2,1-6H3,(H,18,19). The van der Waals surface area contributed by atoms with E-state index in [0.29, 0.717) is 25.3 Å². The molecular formula is C16H29NO4. The van der Waals surface area contributed by atoms with Crippen LogP contribution < -0.4 is 0 Å². The molecule has 1 N–H and O–H groups in total. The van der Waals surface area contributed by atoms with E-state index >= 15 is 0 Å². The first-order chi connectivity index (χ1) is 9.53. The Morgan fingerprint density at radius 1 is 1.29 bits per heavy atom. The van der Waals surface area contributed by atoms with E-state index in [1.54, 1.807) is 27.7 Å². The van der Waals surface area contributed by atoms with Crippen LogP contribution in [0.25, 0.3) is 0 Å². The summed E-state index contributed by atoms with van der Waals surface area (Å²) in [4.78, 5) is 25.8. The Labute approximate surface area is 127 Å². The zero-order valence-corrected chi connectivity index (χ0v) is 14.1. The highest BCUT2D eigenvalue weighted by Crippen LogP contribution is 2.40. The molecule has 1 aliphatic carbocycles. The molecule has 3 unspecified atom stereocenters. The Kier molecular flexibility index (Phi) is 5.29. The molecule has 0 spiro atoms. The molecule has 0 radical (unpaired) electrons. The normalized spacial score (nSPS) is 29.8. The molecular weight excluding hydrogens is 270 g/mol. The van der Waals surface area contributed by atoms with Crippen molar-refractivity contribution in [2.24, 2.45) is 11.8 Å². The second kappa shape index (κ2) is 6.24. The third-order valence-corrected chi connectivity index (χ3v) is 4.49. The molecule has 0 aromatic rings. The number of carboxylic acid groups (broad SMARTS) is 1. The highest BCUT2D eigenvalue weighted by molar-refractivity contribution is 5.84. The van der Waals surface area contributed by atoms with Gasteiger partial charge in [0.05, 0.1) is 0 Å². The largest absolute Gasteiger partial charge is 0.479 e. The molecule has 1 amide bonds. The number of ether oxygens (including phenoxy) is 1. The quantitative estimate of drug-likeness (QED) is 0.865. The average Bonchev–Trinajstić information content (AvgIpc) is 2.32. The molecule has 0 aromatic heterocycles. The van der Waals surface area contributed by atoms with E-state index in [4.69, 9.17) is 4.74 Å². The van der Waals surface area contributed by atoms with Crippen LogP contribution in [0, 0.1) is 11.8 Å². The Bertz CT molecular complexity index is 402. The Morgan fingerprint density at radius 3 is 2.24 bits per heavy atom. The number of carbonyl (C=O) groups excluding carboxylic acids is 1. The second-order valence-electron chi connectivity index (χ2n) is 7.26. The van der Waals surface area contributed by atoms with Crippen molar-refractivity contribution >= 4 is 12.1 Å². The molecule has 0 aromatic carbocycles. The van der Waals surface area contributed by atoms with Gasteiger partial charge < -0.3 is 9.84 Å². The van der Waals surface area contributed by atoms with Gasteiger partial charge in [-0.3, -0.25) is 4.90 Å². The first-order valence-electron chi connectivity index (χ1n) is 7.77. The van der Waals surface area contributed by atoms with Crippen LogP contribution in [0.4, 0.5) is 4.79 Å². The Morgan fingerprint density at radius 2 is 1.86 bits per heavy atom. The summed E-state index contributed by atoms with van der Waals surface area (Å²) in [5.41, 5.74) is -1.76. The molecule has 1 fully saturated rings. The number of carbonyl (C=O) groups is 2. The van der Waals surface area contributed by atoms with Crippen molar-refractivity contribution in [1.82, 2.24) is 4.90 Å². The summed E-state index contributed by atoms with van der Waals surface area (Å²) in [5.74, 6) is -0.171. The molecule has 5 nitrogen and oxygen atoms in total. The van der Waals surface area contributed by atoms with Gasteiger partial charge in [-0.2, -0.15) is 0 Å². The number of carboxylic acids is 1. The minimum atomic E-state index is -1.14. The highest BCUT2D eigenvalue weighted by atomic mass is 16.6. The van der Waals surface area contributed by atoms with E-state index in [0.717, 1.165) is 6.42 Å². The van der Waals surface area contributed by atoms with E-state index in [1.807, 2.05) is 0 Å². The third kappa shape index (κ3) is 3.89. The fourth-order valence-electron chi connectivity index (χ4n) is 3.07. The zero-order chi connectivity index (χ0) is 16.4. The van der Waals surface area contributed by atoms with Crippen molar-refractivity contribution in [2.75, 3.05) is 6.54 Å². The maximum absolute atomic E-state index is 12.4. The van der Waals surface area contributed by atoms with E-state index in [2.05, 4.69) is 13.8 Å². The lowest BCUT2D eigenvalue weighted by molar-refractivity contribution is -0.155. The molecule has 5 heteroatoms. The van der Waals surface area contributed by atoms with Crippen molar-refractivity contribution in [3.05, 3.63) is 0 Å². The monoisotopic (exact) mass is 299 g/mol. The van der Waals surface area contributed by atoms with Crippen molar-refractivity contribution in [3.63, 3.8) is 0 Å². The molecule has 1 aliphatic rings. The van der Waals surface area contributed by atoms with Gasteiger partial charge in [0.2, 0.25) is 0 Å². The number of aliphatic carboxylic acids is 1. The molecule has 0 bridgehead atoms. The van der Waals surface area contributed by atoms with Crippen molar-refractivity contribution in [2.45, 2.75) is 71.9 Å². The SMILES string of the molecule is CCN(C(=O)OC(C)(C)C)C1(C(=O)O)CCC(C)C(C)C1. The van der Waals surface area contributed by atoms with Crippen LogP contribution in [0.2, 0.25) is 0 Å². The lowest BCUT2D eigenvalue weighted by Gasteiger charge is -2.46. The molecule has 3 atom stereocenters. The molecule has 21 heavy (non-hydrogen) atoms. The third-order valence-electron chi connectivity index (χ3n) is 4.49. The summed E-state index contributed by atoms with van der Waals surface area (Å²) >= 11 is 0. The topological polar surface area (TPSA) is 66.8 Å². The predicted octanol–water partition coefficient (Wildman–Crippen LogP) is 3.52. The van der Waals surface area contributed by atoms with Gasteiger partial charge >= 0.3 is 12.1 Å². The van der Waals surface area contributed by atoms with Crippen molar-refractivity contribution < 1.29 is 19.4 Å². The zero-order valence-electron chi connectivity index (χ0n) is 14.1.